The average Bonchev–Trinajstić information content (AvgIpc) is 2.81. The van der Waals surface area contributed by atoms with Crippen LogP contribution in [0.15, 0.2) is 6.20 Å². The third kappa shape index (κ3) is 2.99. The summed E-state index contributed by atoms with van der Waals surface area (Å²) in [4.78, 5) is 7.85. The molecule has 96 valence electrons. The van der Waals surface area contributed by atoms with E-state index < -0.39 is 6.10 Å². The van der Waals surface area contributed by atoms with Crippen molar-refractivity contribution >= 4 is 16.5 Å². The number of hydrogen-bond donors (Lipinski definition) is 1. The second-order valence-corrected chi connectivity index (χ2v) is 5.84. The molecule has 0 aliphatic heterocycles. The zero-order valence-electron chi connectivity index (χ0n) is 10.7. The molecule has 1 heterocycles. The summed E-state index contributed by atoms with van der Waals surface area (Å²) in [6.45, 7) is 5.00. The van der Waals surface area contributed by atoms with E-state index in [1.807, 2.05) is 6.20 Å². The third-order valence-electron chi connectivity index (χ3n) is 3.52. The molecule has 2 rings (SSSR count). The molecule has 0 spiro atoms. The van der Waals surface area contributed by atoms with Crippen LogP contribution in [-0.2, 0) is 0 Å². The summed E-state index contributed by atoms with van der Waals surface area (Å²) in [6.07, 6.45) is 8.06. The van der Waals surface area contributed by atoms with Crippen molar-refractivity contribution in [1.82, 2.24) is 4.98 Å². The molecule has 0 bridgehead atoms. The molecule has 0 radical (unpaired) electrons. The number of nitrogens with zero attached hydrogens (tertiary/aromatic N) is 2. The van der Waals surface area contributed by atoms with Gasteiger partial charge >= 0.3 is 0 Å². The fourth-order valence-electron chi connectivity index (χ4n) is 2.55. The lowest BCUT2D eigenvalue weighted by molar-refractivity contribution is 0.203. The first kappa shape index (κ1) is 12.8. The van der Waals surface area contributed by atoms with E-state index >= 15 is 0 Å². The monoisotopic (exact) mass is 254 g/mol. The van der Waals surface area contributed by atoms with E-state index in [1.54, 1.807) is 18.3 Å². The Morgan fingerprint density at radius 2 is 2.18 bits per heavy atom. The van der Waals surface area contributed by atoms with Crippen LogP contribution in [0.25, 0.3) is 0 Å². The van der Waals surface area contributed by atoms with E-state index in [4.69, 9.17) is 0 Å². The van der Waals surface area contributed by atoms with E-state index in [-0.39, 0.29) is 0 Å². The lowest BCUT2D eigenvalue weighted by Gasteiger charge is -2.33. The highest BCUT2D eigenvalue weighted by Gasteiger charge is 2.22. The number of rotatable bonds is 4. The van der Waals surface area contributed by atoms with Crippen molar-refractivity contribution in [3.8, 4) is 0 Å². The van der Waals surface area contributed by atoms with E-state index in [0.29, 0.717) is 6.04 Å². The van der Waals surface area contributed by atoms with E-state index in [1.165, 1.54) is 32.1 Å². The first-order valence-electron chi connectivity index (χ1n) is 6.62. The lowest BCUT2D eigenvalue weighted by Crippen LogP contribution is -2.36. The number of aliphatic hydroxyl groups excluding tert-OH is 1. The SMILES string of the molecule is CCN(c1ncc(C(C)O)s1)C1CCCCC1. The van der Waals surface area contributed by atoms with Gasteiger partial charge in [0.25, 0.3) is 0 Å². The predicted octanol–water partition coefficient (Wildman–Crippen LogP) is 3.36. The van der Waals surface area contributed by atoms with Crippen molar-refractivity contribution in [2.45, 2.75) is 58.1 Å². The molecular weight excluding hydrogens is 232 g/mol. The largest absolute Gasteiger partial charge is 0.388 e. The normalized spacial score (nSPS) is 19.2. The van der Waals surface area contributed by atoms with Gasteiger partial charge in [0.2, 0.25) is 0 Å². The molecule has 0 amide bonds. The smallest absolute Gasteiger partial charge is 0.185 e. The molecule has 1 aliphatic rings. The average molecular weight is 254 g/mol. The molecule has 1 aliphatic carbocycles. The minimum absolute atomic E-state index is 0.397. The predicted molar refractivity (Wildman–Crippen MR) is 72.6 cm³/mol. The number of aliphatic hydroxyl groups is 1. The number of aromatic nitrogens is 1. The summed E-state index contributed by atoms with van der Waals surface area (Å²) in [5, 5.41) is 10.6. The Morgan fingerprint density at radius 3 is 2.71 bits per heavy atom. The Kier molecular flexibility index (Phi) is 4.40. The van der Waals surface area contributed by atoms with Gasteiger partial charge in [0, 0.05) is 18.8 Å². The van der Waals surface area contributed by atoms with Crippen LogP contribution in [0.5, 0.6) is 0 Å². The Morgan fingerprint density at radius 1 is 1.47 bits per heavy atom. The highest BCUT2D eigenvalue weighted by Crippen LogP contribution is 2.32. The van der Waals surface area contributed by atoms with Gasteiger partial charge in [-0.25, -0.2) is 4.98 Å². The van der Waals surface area contributed by atoms with Crippen LogP contribution in [0, 0.1) is 0 Å². The first-order chi connectivity index (χ1) is 8.22. The van der Waals surface area contributed by atoms with Crippen LogP contribution in [-0.4, -0.2) is 22.7 Å². The molecule has 1 saturated carbocycles. The number of anilines is 1. The van der Waals surface area contributed by atoms with E-state index in [0.717, 1.165) is 16.6 Å². The van der Waals surface area contributed by atoms with Crippen molar-refractivity contribution in [3.05, 3.63) is 11.1 Å². The number of hydrogen-bond acceptors (Lipinski definition) is 4. The van der Waals surface area contributed by atoms with Gasteiger partial charge in [-0.2, -0.15) is 0 Å². The second kappa shape index (κ2) is 5.83. The van der Waals surface area contributed by atoms with Gasteiger partial charge in [0.1, 0.15) is 0 Å². The Bertz CT molecular complexity index is 345. The highest BCUT2D eigenvalue weighted by molar-refractivity contribution is 7.15. The molecule has 1 fully saturated rings. The fourth-order valence-corrected chi connectivity index (χ4v) is 3.53. The summed E-state index contributed by atoms with van der Waals surface area (Å²) in [7, 11) is 0. The Hall–Kier alpha value is -0.610. The van der Waals surface area contributed by atoms with Gasteiger partial charge in [0.15, 0.2) is 5.13 Å². The van der Waals surface area contributed by atoms with Crippen LogP contribution < -0.4 is 4.90 Å². The third-order valence-corrected chi connectivity index (χ3v) is 4.73. The topological polar surface area (TPSA) is 36.4 Å². The van der Waals surface area contributed by atoms with E-state index in [9.17, 15) is 5.11 Å². The molecule has 0 saturated heterocycles. The van der Waals surface area contributed by atoms with Crippen LogP contribution in [0.3, 0.4) is 0 Å². The van der Waals surface area contributed by atoms with Crippen molar-refractivity contribution < 1.29 is 5.11 Å². The van der Waals surface area contributed by atoms with Crippen molar-refractivity contribution in [1.29, 1.82) is 0 Å². The van der Waals surface area contributed by atoms with Crippen LogP contribution in [0.1, 0.15) is 56.9 Å². The van der Waals surface area contributed by atoms with Gasteiger partial charge in [-0.1, -0.05) is 30.6 Å². The standard InChI is InChI=1S/C13H22N2OS/c1-3-15(11-7-5-4-6-8-11)13-14-9-12(17-13)10(2)16/h9-11,16H,3-8H2,1-2H3. The summed E-state index contributed by atoms with van der Waals surface area (Å²) in [5.41, 5.74) is 0. The van der Waals surface area contributed by atoms with Gasteiger partial charge in [-0.05, 0) is 26.7 Å². The molecule has 3 nitrogen and oxygen atoms in total. The minimum Gasteiger partial charge on any atom is -0.388 e. The van der Waals surface area contributed by atoms with E-state index in [2.05, 4.69) is 16.8 Å². The van der Waals surface area contributed by atoms with Crippen molar-refractivity contribution in [2.24, 2.45) is 0 Å². The molecule has 1 unspecified atom stereocenters. The molecule has 4 heteroatoms. The lowest BCUT2D eigenvalue weighted by atomic mass is 9.94. The van der Waals surface area contributed by atoms with Gasteiger partial charge in [-0.15, -0.1) is 0 Å². The first-order valence-corrected chi connectivity index (χ1v) is 7.44. The highest BCUT2D eigenvalue weighted by atomic mass is 32.1. The molecule has 17 heavy (non-hydrogen) atoms. The molecule has 0 aromatic carbocycles. The van der Waals surface area contributed by atoms with Gasteiger partial charge in [0.05, 0.1) is 11.0 Å². The maximum Gasteiger partial charge on any atom is 0.185 e. The molecule has 1 aromatic heterocycles. The Balaban J connectivity index is 2.10. The van der Waals surface area contributed by atoms with Gasteiger partial charge < -0.3 is 10.0 Å². The fraction of sp³-hybridized carbons (Fsp3) is 0.769. The zero-order valence-corrected chi connectivity index (χ0v) is 11.5. The zero-order chi connectivity index (χ0) is 12.3. The summed E-state index contributed by atoms with van der Waals surface area (Å²) in [6, 6.07) is 0.654. The van der Waals surface area contributed by atoms with Crippen molar-refractivity contribution in [2.75, 3.05) is 11.4 Å². The molecule has 1 atom stereocenters. The van der Waals surface area contributed by atoms with Crippen LogP contribution >= 0.6 is 11.3 Å². The maximum absolute atomic E-state index is 9.55. The summed E-state index contributed by atoms with van der Waals surface area (Å²) >= 11 is 1.63. The number of thiazole rings is 1. The van der Waals surface area contributed by atoms with Crippen molar-refractivity contribution in [3.63, 3.8) is 0 Å². The molecular formula is C13H22N2OS. The summed E-state index contributed by atoms with van der Waals surface area (Å²) in [5.74, 6) is 0. The molecule has 1 aromatic rings. The Labute approximate surface area is 107 Å². The van der Waals surface area contributed by atoms with Crippen LogP contribution in [0.4, 0.5) is 5.13 Å². The van der Waals surface area contributed by atoms with Crippen LogP contribution in [0.2, 0.25) is 0 Å². The molecule has 1 N–H and O–H groups in total. The maximum atomic E-state index is 9.55. The quantitative estimate of drug-likeness (QED) is 0.895. The van der Waals surface area contributed by atoms with Gasteiger partial charge in [-0.3, -0.25) is 0 Å². The second-order valence-electron chi connectivity index (χ2n) is 4.80. The summed E-state index contributed by atoms with van der Waals surface area (Å²) < 4.78 is 0. The minimum atomic E-state index is -0.397.